The third kappa shape index (κ3) is 4.24. The number of benzene rings is 1. The first-order valence-corrected chi connectivity index (χ1v) is 7.15. The molecule has 0 radical (unpaired) electrons. The molecule has 0 atom stereocenters. The van der Waals surface area contributed by atoms with Crippen molar-refractivity contribution in [1.82, 2.24) is 10.3 Å². The molecule has 0 aliphatic carbocycles. The molecule has 0 fully saturated rings. The summed E-state index contributed by atoms with van der Waals surface area (Å²) in [6.07, 6.45) is 1.06. The Balaban J connectivity index is 1.73. The average molecular weight is 291 g/mol. The predicted molar refractivity (Wildman–Crippen MR) is 79.9 cm³/mol. The second kappa shape index (κ2) is 6.91. The number of carbonyl (C=O) groups excluding carboxylic acids is 1. The maximum Gasteiger partial charge on any atom is 0.226 e. The molecule has 0 aliphatic heterocycles. The highest BCUT2D eigenvalue weighted by atomic mass is 32.1. The largest absolute Gasteiger partial charge is 0.497 e. The van der Waals surface area contributed by atoms with Gasteiger partial charge in [0.2, 0.25) is 5.91 Å². The fourth-order valence-corrected chi connectivity index (χ4v) is 2.33. The summed E-state index contributed by atoms with van der Waals surface area (Å²) in [6, 6.07) is 7.81. The highest BCUT2D eigenvalue weighted by molar-refractivity contribution is 7.13. The van der Waals surface area contributed by atoms with Gasteiger partial charge in [0.25, 0.3) is 0 Å². The molecule has 2 rings (SSSR count). The SMILES string of the molecule is COc1ccc(CCNC(=O)Cc2csc(N)n2)cc1. The number of hydrogen-bond donors (Lipinski definition) is 2. The zero-order valence-electron chi connectivity index (χ0n) is 11.3. The van der Waals surface area contributed by atoms with Crippen LogP contribution in [0.1, 0.15) is 11.3 Å². The lowest BCUT2D eigenvalue weighted by atomic mass is 10.1. The van der Waals surface area contributed by atoms with Crippen molar-refractivity contribution >= 4 is 22.4 Å². The van der Waals surface area contributed by atoms with Gasteiger partial charge in [-0.05, 0) is 24.1 Å². The van der Waals surface area contributed by atoms with Gasteiger partial charge in [0.15, 0.2) is 5.13 Å². The van der Waals surface area contributed by atoms with Crippen LogP contribution in [0.15, 0.2) is 29.6 Å². The molecule has 3 N–H and O–H groups in total. The van der Waals surface area contributed by atoms with Crippen LogP contribution in [-0.4, -0.2) is 24.5 Å². The van der Waals surface area contributed by atoms with E-state index >= 15 is 0 Å². The minimum Gasteiger partial charge on any atom is -0.497 e. The van der Waals surface area contributed by atoms with Gasteiger partial charge in [-0.25, -0.2) is 4.98 Å². The van der Waals surface area contributed by atoms with Crippen LogP contribution in [0.5, 0.6) is 5.75 Å². The summed E-state index contributed by atoms with van der Waals surface area (Å²) in [4.78, 5) is 15.8. The lowest BCUT2D eigenvalue weighted by Crippen LogP contribution is -2.27. The Morgan fingerprint density at radius 3 is 2.75 bits per heavy atom. The fourth-order valence-electron chi connectivity index (χ4n) is 1.77. The molecule has 0 unspecified atom stereocenters. The van der Waals surface area contributed by atoms with Crippen LogP contribution < -0.4 is 15.8 Å². The van der Waals surface area contributed by atoms with Crippen molar-refractivity contribution in [3.63, 3.8) is 0 Å². The minimum atomic E-state index is -0.0381. The van der Waals surface area contributed by atoms with E-state index < -0.39 is 0 Å². The highest BCUT2D eigenvalue weighted by Crippen LogP contribution is 2.12. The van der Waals surface area contributed by atoms with Crippen LogP contribution in [0.4, 0.5) is 5.13 Å². The highest BCUT2D eigenvalue weighted by Gasteiger charge is 2.06. The fraction of sp³-hybridized carbons (Fsp3) is 0.286. The molecule has 1 heterocycles. The molecule has 0 saturated heterocycles. The van der Waals surface area contributed by atoms with E-state index in [2.05, 4.69) is 10.3 Å². The van der Waals surface area contributed by atoms with Gasteiger partial charge in [0.05, 0.1) is 19.2 Å². The number of aromatic nitrogens is 1. The molecule has 5 nitrogen and oxygen atoms in total. The van der Waals surface area contributed by atoms with E-state index in [1.165, 1.54) is 11.3 Å². The first kappa shape index (κ1) is 14.3. The van der Waals surface area contributed by atoms with Crippen LogP contribution in [0, 0.1) is 0 Å². The Morgan fingerprint density at radius 2 is 2.15 bits per heavy atom. The normalized spacial score (nSPS) is 10.2. The van der Waals surface area contributed by atoms with Crippen LogP contribution in [0.3, 0.4) is 0 Å². The quantitative estimate of drug-likeness (QED) is 0.848. The van der Waals surface area contributed by atoms with Gasteiger partial charge in [0, 0.05) is 11.9 Å². The van der Waals surface area contributed by atoms with Crippen molar-refractivity contribution in [2.45, 2.75) is 12.8 Å². The zero-order chi connectivity index (χ0) is 14.4. The summed E-state index contributed by atoms with van der Waals surface area (Å²) in [5.41, 5.74) is 7.39. The summed E-state index contributed by atoms with van der Waals surface area (Å²) < 4.78 is 5.09. The Hall–Kier alpha value is -2.08. The molecule has 0 bridgehead atoms. The zero-order valence-corrected chi connectivity index (χ0v) is 12.1. The van der Waals surface area contributed by atoms with Crippen LogP contribution in [0.25, 0.3) is 0 Å². The van der Waals surface area contributed by atoms with E-state index in [0.29, 0.717) is 11.7 Å². The Kier molecular flexibility index (Phi) is 4.95. The average Bonchev–Trinajstić information content (AvgIpc) is 2.85. The standard InChI is InChI=1S/C14H17N3O2S/c1-19-12-4-2-10(3-5-12)6-7-16-13(18)8-11-9-20-14(15)17-11/h2-5,9H,6-8H2,1H3,(H2,15,17)(H,16,18). The van der Waals surface area contributed by atoms with Gasteiger partial charge in [-0.1, -0.05) is 12.1 Å². The molecule has 0 spiro atoms. The number of methoxy groups -OCH3 is 1. The molecule has 1 aromatic carbocycles. The van der Waals surface area contributed by atoms with E-state index in [9.17, 15) is 4.79 Å². The smallest absolute Gasteiger partial charge is 0.226 e. The van der Waals surface area contributed by atoms with E-state index in [0.717, 1.165) is 23.4 Å². The number of nitrogens with two attached hydrogens (primary N) is 1. The van der Waals surface area contributed by atoms with Crippen LogP contribution in [0.2, 0.25) is 0 Å². The second-order valence-electron chi connectivity index (χ2n) is 4.30. The molecule has 0 saturated carbocycles. The van der Waals surface area contributed by atoms with Gasteiger partial charge >= 0.3 is 0 Å². The lowest BCUT2D eigenvalue weighted by Gasteiger charge is -2.05. The van der Waals surface area contributed by atoms with Crippen molar-refractivity contribution < 1.29 is 9.53 Å². The van der Waals surface area contributed by atoms with Crippen LogP contribution in [-0.2, 0) is 17.6 Å². The maximum atomic E-state index is 11.7. The molecule has 6 heteroatoms. The van der Waals surface area contributed by atoms with E-state index in [1.807, 2.05) is 24.3 Å². The molecule has 2 aromatic rings. The minimum absolute atomic E-state index is 0.0381. The molecular weight excluding hydrogens is 274 g/mol. The second-order valence-corrected chi connectivity index (χ2v) is 5.19. The first-order chi connectivity index (χ1) is 9.67. The van der Waals surface area contributed by atoms with Gasteiger partial charge in [-0.2, -0.15) is 0 Å². The Bertz CT molecular complexity index is 566. The number of carbonyl (C=O) groups is 1. The van der Waals surface area contributed by atoms with Crippen molar-refractivity contribution in [1.29, 1.82) is 0 Å². The topological polar surface area (TPSA) is 77.2 Å². The number of nitrogens with one attached hydrogen (secondary N) is 1. The Labute approximate surface area is 121 Å². The van der Waals surface area contributed by atoms with Gasteiger partial charge < -0.3 is 15.8 Å². The number of rotatable bonds is 6. The van der Waals surface area contributed by atoms with E-state index in [1.54, 1.807) is 12.5 Å². The molecule has 106 valence electrons. The third-order valence-corrected chi connectivity index (χ3v) is 3.53. The molecule has 0 aliphatic rings. The summed E-state index contributed by atoms with van der Waals surface area (Å²) in [5, 5.41) is 5.17. The van der Waals surface area contributed by atoms with E-state index in [4.69, 9.17) is 10.5 Å². The van der Waals surface area contributed by atoms with Crippen LogP contribution >= 0.6 is 11.3 Å². The summed E-state index contributed by atoms with van der Waals surface area (Å²) >= 11 is 1.35. The van der Waals surface area contributed by atoms with Gasteiger partial charge in [-0.15, -0.1) is 11.3 Å². The monoisotopic (exact) mass is 291 g/mol. The van der Waals surface area contributed by atoms with Crippen molar-refractivity contribution in [3.8, 4) is 5.75 Å². The first-order valence-electron chi connectivity index (χ1n) is 6.27. The third-order valence-electron chi connectivity index (χ3n) is 2.81. The maximum absolute atomic E-state index is 11.7. The van der Waals surface area contributed by atoms with Crippen molar-refractivity contribution in [3.05, 3.63) is 40.9 Å². The number of nitrogens with zero attached hydrogens (tertiary/aromatic N) is 1. The van der Waals surface area contributed by atoms with Gasteiger partial charge in [-0.3, -0.25) is 4.79 Å². The van der Waals surface area contributed by atoms with Crippen molar-refractivity contribution in [2.24, 2.45) is 0 Å². The molecule has 20 heavy (non-hydrogen) atoms. The summed E-state index contributed by atoms with van der Waals surface area (Å²) in [5.74, 6) is 0.794. The predicted octanol–water partition coefficient (Wildman–Crippen LogP) is 1.64. The number of amides is 1. The van der Waals surface area contributed by atoms with Crippen molar-refractivity contribution in [2.75, 3.05) is 19.4 Å². The molecule has 1 aromatic heterocycles. The number of ether oxygens (including phenoxy) is 1. The van der Waals surface area contributed by atoms with E-state index in [-0.39, 0.29) is 12.3 Å². The van der Waals surface area contributed by atoms with Gasteiger partial charge in [0.1, 0.15) is 5.75 Å². The number of thiazole rings is 1. The number of anilines is 1. The number of hydrogen-bond acceptors (Lipinski definition) is 5. The summed E-state index contributed by atoms with van der Waals surface area (Å²) in [6.45, 7) is 0.602. The Morgan fingerprint density at radius 1 is 1.40 bits per heavy atom. The molecular formula is C14H17N3O2S. The molecule has 1 amide bonds. The lowest BCUT2D eigenvalue weighted by molar-refractivity contribution is -0.120. The summed E-state index contributed by atoms with van der Waals surface area (Å²) in [7, 11) is 1.64. The number of nitrogen functional groups attached to an aromatic ring is 1.